The first-order chi connectivity index (χ1) is 12.1. The number of hydrogen-bond acceptors (Lipinski definition) is 3. The van der Waals surface area contributed by atoms with Crippen LogP contribution in [-0.2, 0) is 16.1 Å². The number of ether oxygens (including phenoxy) is 1. The summed E-state index contributed by atoms with van der Waals surface area (Å²) in [6.45, 7) is 5.28. The number of rotatable bonds is 7. The molecule has 0 bridgehead atoms. The molecule has 1 aromatic rings. The molecule has 0 aliphatic carbocycles. The number of likely N-dealkylation sites (tertiary alicyclic amines) is 1. The predicted octanol–water partition coefficient (Wildman–Crippen LogP) is 3.10. The van der Waals surface area contributed by atoms with Crippen molar-refractivity contribution in [2.45, 2.75) is 39.6 Å². The van der Waals surface area contributed by atoms with Gasteiger partial charge in [0.25, 0.3) is 0 Å². The zero-order chi connectivity index (χ0) is 19.3. The minimum Gasteiger partial charge on any atom is -0.406 e. The van der Waals surface area contributed by atoms with Crippen LogP contribution in [0.15, 0.2) is 24.3 Å². The third-order valence-electron chi connectivity index (χ3n) is 4.14. The first-order valence-electron chi connectivity index (χ1n) is 8.54. The van der Waals surface area contributed by atoms with Crippen molar-refractivity contribution >= 4 is 11.8 Å². The lowest BCUT2D eigenvalue weighted by atomic mass is 10.1. The van der Waals surface area contributed by atoms with Gasteiger partial charge < -0.3 is 15.0 Å². The Balaban J connectivity index is 1.86. The van der Waals surface area contributed by atoms with Crippen molar-refractivity contribution in [3.63, 3.8) is 0 Å². The molecule has 144 valence electrons. The van der Waals surface area contributed by atoms with Crippen LogP contribution >= 0.6 is 0 Å². The summed E-state index contributed by atoms with van der Waals surface area (Å²) in [5.74, 6) is -0.472. The van der Waals surface area contributed by atoms with Crippen LogP contribution in [0.5, 0.6) is 5.75 Å². The van der Waals surface area contributed by atoms with E-state index in [-0.39, 0.29) is 36.4 Å². The van der Waals surface area contributed by atoms with E-state index in [0.29, 0.717) is 24.6 Å². The van der Waals surface area contributed by atoms with Crippen molar-refractivity contribution in [1.82, 2.24) is 10.2 Å². The van der Waals surface area contributed by atoms with Gasteiger partial charge in [0.1, 0.15) is 5.75 Å². The number of carbonyl (C=O) groups excluding carboxylic acids is 2. The number of amides is 2. The molecule has 1 aliphatic heterocycles. The van der Waals surface area contributed by atoms with E-state index in [0.717, 1.165) is 6.42 Å². The maximum absolute atomic E-state index is 12.2. The first kappa shape index (κ1) is 20.1. The fraction of sp³-hybridized carbons (Fsp3) is 0.556. The Labute approximate surface area is 150 Å². The lowest BCUT2D eigenvalue weighted by Crippen LogP contribution is -2.33. The number of carbonyl (C=O) groups is 2. The van der Waals surface area contributed by atoms with Gasteiger partial charge in [0.05, 0.1) is 5.92 Å². The lowest BCUT2D eigenvalue weighted by Gasteiger charge is -2.17. The van der Waals surface area contributed by atoms with Gasteiger partial charge in [0.15, 0.2) is 0 Å². The first-order valence-corrected chi connectivity index (χ1v) is 8.54. The number of nitrogens with one attached hydrogen (secondary N) is 1. The van der Waals surface area contributed by atoms with E-state index in [4.69, 9.17) is 0 Å². The van der Waals surface area contributed by atoms with Crippen molar-refractivity contribution < 1.29 is 27.5 Å². The van der Waals surface area contributed by atoms with Crippen molar-refractivity contribution in [2.75, 3.05) is 13.1 Å². The smallest absolute Gasteiger partial charge is 0.406 e. The molecule has 1 unspecified atom stereocenters. The van der Waals surface area contributed by atoms with Gasteiger partial charge in [0.2, 0.25) is 11.8 Å². The zero-order valence-electron chi connectivity index (χ0n) is 14.8. The molecule has 2 amide bonds. The number of nitrogens with zero attached hydrogens (tertiary/aromatic N) is 1. The van der Waals surface area contributed by atoms with Crippen molar-refractivity contribution in [3.8, 4) is 5.75 Å². The number of halogens is 3. The normalized spacial score (nSPS) is 17.7. The van der Waals surface area contributed by atoms with Crippen molar-refractivity contribution in [3.05, 3.63) is 29.8 Å². The van der Waals surface area contributed by atoms with Gasteiger partial charge in [0, 0.05) is 26.1 Å². The molecule has 1 heterocycles. The Hall–Kier alpha value is -2.25. The van der Waals surface area contributed by atoms with Crippen LogP contribution in [-0.4, -0.2) is 36.2 Å². The summed E-state index contributed by atoms with van der Waals surface area (Å²) in [7, 11) is 0. The number of alkyl halides is 3. The molecule has 8 heteroatoms. The highest BCUT2D eigenvalue weighted by Crippen LogP contribution is 2.24. The fourth-order valence-corrected chi connectivity index (χ4v) is 2.75. The molecule has 26 heavy (non-hydrogen) atoms. The van der Waals surface area contributed by atoms with E-state index in [1.165, 1.54) is 24.3 Å². The highest BCUT2D eigenvalue weighted by Gasteiger charge is 2.34. The van der Waals surface area contributed by atoms with Gasteiger partial charge in [-0.05, 0) is 30.0 Å². The highest BCUT2D eigenvalue weighted by atomic mass is 19.4. The van der Waals surface area contributed by atoms with Crippen molar-refractivity contribution in [1.29, 1.82) is 0 Å². The topological polar surface area (TPSA) is 58.6 Å². The van der Waals surface area contributed by atoms with E-state index >= 15 is 0 Å². The van der Waals surface area contributed by atoms with Crippen LogP contribution in [0.4, 0.5) is 13.2 Å². The summed E-state index contributed by atoms with van der Waals surface area (Å²) >= 11 is 0. The Bertz CT molecular complexity index is 630. The number of benzene rings is 1. The molecule has 1 aromatic carbocycles. The van der Waals surface area contributed by atoms with Crippen LogP contribution in [0, 0.1) is 11.8 Å². The van der Waals surface area contributed by atoms with E-state index < -0.39 is 6.36 Å². The Morgan fingerprint density at radius 3 is 2.54 bits per heavy atom. The fourth-order valence-electron chi connectivity index (χ4n) is 2.75. The van der Waals surface area contributed by atoms with Crippen LogP contribution in [0.1, 0.15) is 32.3 Å². The summed E-state index contributed by atoms with van der Waals surface area (Å²) in [6, 6.07) is 5.37. The molecule has 5 nitrogen and oxygen atoms in total. The van der Waals surface area contributed by atoms with Gasteiger partial charge in [-0.2, -0.15) is 0 Å². The van der Waals surface area contributed by atoms with E-state index in [2.05, 4.69) is 23.9 Å². The van der Waals surface area contributed by atoms with E-state index in [1.807, 2.05) is 0 Å². The summed E-state index contributed by atoms with van der Waals surface area (Å²) < 4.78 is 40.3. The van der Waals surface area contributed by atoms with Crippen LogP contribution < -0.4 is 10.1 Å². The average Bonchev–Trinajstić information content (AvgIpc) is 2.88. The second kappa shape index (κ2) is 8.42. The van der Waals surface area contributed by atoms with Crippen LogP contribution in [0.25, 0.3) is 0 Å². The van der Waals surface area contributed by atoms with Gasteiger partial charge in [-0.15, -0.1) is 13.2 Å². The summed E-state index contributed by atoms with van der Waals surface area (Å²) in [4.78, 5) is 25.8. The second-order valence-corrected chi connectivity index (χ2v) is 6.84. The second-order valence-electron chi connectivity index (χ2n) is 6.84. The maximum Gasteiger partial charge on any atom is 0.573 e. The highest BCUT2D eigenvalue weighted by molar-refractivity contribution is 5.89. The largest absolute Gasteiger partial charge is 0.573 e. The number of hydrogen-bond donors (Lipinski definition) is 1. The van der Waals surface area contributed by atoms with E-state index in [9.17, 15) is 22.8 Å². The average molecular weight is 372 g/mol. The molecule has 1 atom stereocenters. The molecule has 1 saturated heterocycles. The monoisotopic (exact) mass is 372 g/mol. The molecular formula is C18H23F3N2O3. The zero-order valence-corrected chi connectivity index (χ0v) is 14.8. The molecule has 0 radical (unpaired) electrons. The maximum atomic E-state index is 12.2. The summed E-state index contributed by atoms with van der Waals surface area (Å²) in [5.41, 5.74) is 0.675. The van der Waals surface area contributed by atoms with Gasteiger partial charge >= 0.3 is 6.36 Å². The van der Waals surface area contributed by atoms with E-state index in [1.54, 1.807) is 4.90 Å². The van der Waals surface area contributed by atoms with Crippen LogP contribution in [0.2, 0.25) is 0 Å². The van der Waals surface area contributed by atoms with Crippen LogP contribution in [0.3, 0.4) is 0 Å². The predicted molar refractivity (Wildman–Crippen MR) is 89.1 cm³/mol. The Kier molecular flexibility index (Phi) is 6.50. The van der Waals surface area contributed by atoms with Crippen molar-refractivity contribution in [2.24, 2.45) is 11.8 Å². The third kappa shape index (κ3) is 6.24. The SMILES string of the molecule is CC(C)CCNC(=O)C1CC(=O)N(Cc2ccc(OC(F)(F)F)cc2)C1. The molecular weight excluding hydrogens is 349 g/mol. The van der Waals surface area contributed by atoms with Gasteiger partial charge in [-0.25, -0.2) is 0 Å². The Morgan fingerprint density at radius 1 is 1.31 bits per heavy atom. The third-order valence-corrected chi connectivity index (χ3v) is 4.14. The Morgan fingerprint density at radius 2 is 1.96 bits per heavy atom. The van der Waals surface area contributed by atoms with Gasteiger partial charge in [-0.1, -0.05) is 26.0 Å². The standard InChI is InChI=1S/C18H23F3N2O3/c1-12(2)7-8-22-17(25)14-9-16(24)23(11-14)10-13-3-5-15(6-4-13)26-18(19,20)21/h3-6,12,14H,7-11H2,1-2H3,(H,22,25). The summed E-state index contributed by atoms with van der Waals surface area (Å²) in [5, 5.41) is 2.85. The minimum atomic E-state index is -4.73. The molecule has 1 N–H and O–H groups in total. The molecule has 0 aromatic heterocycles. The molecule has 0 saturated carbocycles. The lowest BCUT2D eigenvalue weighted by molar-refractivity contribution is -0.274. The van der Waals surface area contributed by atoms with Gasteiger partial charge in [-0.3, -0.25) is 9.59 Å². The molecule has 2 rings (SSSR count). The quantitative estimate of drug-likeness (QED) is 0.800. The molecule has 1 fully saturated rings. The summed E-state index contributed by atoms with van der Waals surface area (Å²) in [6.07, 6.45) is -3.70. The molecule has 0 spiro atoms. The minimum absolute atomic E-state index is 0.129. The molecule has 1 aliphatic rings.